The molecule has 0 amide bonds. The van der Waals surface area contributed by atoms with E-state index in [1.807, 2.05) is 12.1 Å². The molecule has 0 aromatic carbocycles. The molecule has 15 heavy (non-hydrogen) atoms. The molecule has 0 aliphatic heterocycles. The maximum atomic E-state index is 9.56. The van der Waals surface area contributed by atoms with E-state index >= 15 is 0 Å². The van der Waals surface area contributed by atoms with Crippen LogP contribution in [-0.4, -0.2) is 16.2 Å². The smallest absolute Gasteiger partial charge is 0.123 e. The fourth-order valence-corrected chi connectivity index (χ4v) is 2.55. The van der Waals surface area contributed by atoms with Gasteiger partial charge in [0.05, 0.1) is 6.10 Å². The minimum atomic E-state index is -0.116. The number of hydrogen-bond donors (Lipinski definition) is 2. The Morgan fingerprint density at radius 1 is 1.67 bits per heavy atom. The zero-order valence-electron chi connectivity index (χ0n) is 9.11. The van der Waals surface area contributed by atoms with Gasteiger partial charge in [0.1, 0.15) is 5.82 Å². The van der Waals surface area contributed by atoms with Gasteiger partial charge in [-0.15, -0.1) is 0 Å². The van der Waals surface area contributed by atoms with Gasteiger partial charge < -0.3 is 10.8 Å². The van der Waals surface area contributed by atoms with Crippen LogP contribution in [-0.2, 0) is 6.42 Å². The Balaban J connectivity index is 2.08. The SMILES string of the molecule is CC1(Cc2ccnc(N)c2)CCC(O)C1. The Labute approximate surface area is 90.3 Å². The van der Waals surface area contributed by atoms with Crippen molar-refractivity contribution in [1.82, 2.24) is 4.98 Å². The van der Waals surface area contributed by atoms with Crippen LogP contribution >= 0.6 is 0 Å². The number of nitrogen functional groups attached to an aromatic ring is 1. The molecular weight excluding hydrogens is 188 g/mol. The standard InChI is InChI=1S/C12H18N2O/c1-12(4-2-10(15)8-12)7-9-3-5-14-11(13)6-9/h3,5-6,10,15H,2,4,7-8H2,1H3,(H2,13,14). The summed E-state index contributed by atoms with van der Waals surface area (Å²) in [5.74, 6) is 0.578. The van der Waals surface area contributed by atoms with E-state index in [9.17, 15) is 5.11 Å². The van der Waals surface area contributed by atoms with Gasteiger partial charge in [-0.2, -0.15) is 0 Å². The molecule has 1 fully saturated rings. The molecule has 1 aromatic heterocycles. The number of aliphatic hydroxyl groups is 1. The molecule has 0 spiro atoms. The number of hydrogen-bond acceptors (Lipinski definition) is 3. The van der Waals surface area contributed by atoms with E-state index in [1.54, 1.807) is 6.20 Å². The molecule has 1 aliphatic rings. The first-order valence-electron chi connectivity index (χ1n) is 5.46. The van der Waals surface area contributed by atoms with Crippen molar-refractivity contribution in [3.05, 3.63) is 23.9 Å². The van der Waals surface area contributed by atoms with Crippen molar-refractivity contribution in [2.75, 3.05) is 5.73 Å². The van der Waals surface area contributed by atoms with Crippen molar-refractivity contribution in [2.24, 2.45) is 5.41 Å². The van der Waals surface area contributed by atoms with E-state index in [2.05, 4.69) is 11.9 Å². The predicted octanol–water partition coefficient (Wildman–Crippen LogP) is 1.76. The Morgan fingerprint density at radius 3 is 3.07 bits per heavy atom. The van der Waals surface area contributed by atoms with E-state index in [-0.39, 0.29) is 11.5 Å². The van der Waals surface area contributed by atoms with Crippen molar-refractivity contribution in [3.63, 3.8) is 0 Å². The maximum absolute atomic E-state index is 9.56. The molecule has 2 rings (SSSR count). The second-order valence-corrected chi connectivity index (χ2v) is 4.97. The third kappa shape index (κ3) is 2.48. The summed E-state index contributed by atoms with van der Waals surface area (Å²) < 4.78 is 0. The molecule has 1 saturated carbocycles. The molecule has 1 heterocycles. The Kier molecular flexibility index (Phi) is 2.65. The fourth-order valence-electron chi connectivity index (χ4n) is 2.55. The molecule has 2 atom stereocenters. The lowest BCUT2D eigenvalue weighted by Crippen LogP contribution is -2.16. The lowest BCUT2D eigenvalue weighted by molar-refractivity contribution is 0.163. The summed E-state index contributed by atoms with van der Waals surface area (Å²) >= 11 is 0. The van der Waals surface area contributed by atoms with Crippen molar-refractivity contribution in [3.8, 4) is 0 Å². The maximum Gasteiger partial charge on any atom is 0.123 e. The van der Waals surface area contributed by atoms with Crippen LogP contribution in [0.5, 0.6) is 0 Å². The third-order valence-corrected chi connectivity index (χ3v) is 3.29. The summed E-state index contributed by atoms with van der Waals surface area (Å²) in [6, 6.07) is 3.93. The van der Waals surface area contributed by atoms with E-state index in [0.717, 1.165) is 25.7 Å². The number of nitrogens with two attached hydrogens (primary N) is 1. The minimum absolute atomic E-state index is 0.116. The van der Waals surface area contributed by atoms with Crippen molar-refractivity contribution >= 4 is 5.82 Å². The Bertz CT molecular complexity index is 353. The van der Waals surface area contributed by atoms with Gasteiger partial charge >= 0.3 is 0 Å². The van der Waals surface area contributed by atoms with Gasteiger partial charge in [0.2, 0.25) is 0 Å². The summed E-state index contributed by atoms with van der Waals surface area (Å²) in [6.45, 7) is 2.24. The second-order valence-electron chi connectivity index (χ2n) is 4.97. The first kappa shape index (κ1) is 10.4. The van der Waals surface area contributed by atoms with Gasteiger partial charge in [-0.1, -0.05) is 6.92 Å². The molecule has 0 saturated heterocycles. The molecule has 3 N–H and O–H groups in total. The highest BCUT2D eigenvalue weighted by Gasteiger charge is 2.34. The summed E-state index contributed by atoms with van der Waals surface area (Å²) in [5.41, 5.74) is 7.09. The highest BCUT2D eigenvalue weighted by molar-refractivity contribution is 5.32. The minimum Gasteiger partial charge on any atom is -0.393 e. The molecule has 1 aliphatic carbocycles. The number of aliphatic hydroxyl groups excluding tert-OH is 1. The van der Waals surface area contributed by atoms with E-state index in [1.165, 1.54) is 5.56 Å². The first-order chi connectivity index (χ1) is 7.07. The van der Waals surface area contributed by atoms with Gasteiger partial charge in [0.25, 0.3) is 0 Å². The van der Waals surface area contributed by atoms with Gasteiger partial charge in [0.15, 0.2) is 0 Å². The van der Waals surface area contributed by atoms with Crippen LogP contribution in [0.3, 0.4) is 0 Å². The van der Waals surface area contributed by atoms with Gasteiger partial charge in [-0.3, -0.25) is 0 Å². The summed E-state index contributed by atoms with van der Waals surface area (Å²) in [7, 11) is 0. The largest absolute Gasteiger partial charge is 0.393 e. The normalized spacial score (nSPS) is 30.7. The van der Waals surface area contributed by atoms with Gasteiger partial charge in [-0.25, -0.2) is 4.98 Å². The van der Waals surface area contributed by atoms with Crippen LogP contribution in [0.25, 0.3) is 0 Å². The Hall–Kier alpha value is -1.09. The van der Waals surface area contributed by atoms with Crippen molar-refractivity contribution in [2.45, 2.75) is 38.7 Å². The molecule has 0 bridgehead atoms. The summed E-state index contributed by atoms with van der Waals surface area (Å²) in [5, 5.41) is 9.56. The van der Waals surface area contributed by atoms with Crippen LogP contribution in [0.1, 0.15) is 31.7 Å². The van der Waals surface area contributed by atoms with Crippen molar-refractivity contribution in [1.29, 1.82) is 0 Å². The lowest BCUT2D eigenvalue weighted by atomic mass is 9.82. The molecular formula is C12H18N2O. The number of pyridine rings is 1. The van der Waals surface area contributed by atoms with Crippen molar-refractivity contribution < 1.29 is 5.11 Å². The molecule has 3 heteroatoms. The first-order valence-corrected chi connectivity index (χ1v) is 5.46. The van der Waals surface area contributed by atoms with Gasteiger partial charge in [0, 0.05) is 6.20 Å². The topological polar surface area (TPSA) is 59.1 Å². The Morgan fingerprint density at radius 2 is 2.47 bits per heavy atom. The van der Waals surface area contributed by atoms with E-state index < -0.39 is 0 Å². The zero-order chi connectivity index (χ0) is 10.9. The van der Waals surface area contributed by atoms with Crippen LogP contribution in [0.15, 0.2) is 18.3 Å². The quantitative estimate of drug-likeness (QED) is 0.775. The number of aromatic nitrogens is 1. The highest BCUT2D eigenvalue weighted by Crippen LogP contribution is 2.40. The van der Waals surface area contributed by atoms with Crippen LogP contribution in [0.2, 0.25) is 0 Å². The monoisotopic (exact) mass is 206 g/mol. The molecule has 1 aromatic rings. The number of nitrogens with zero attached hydrogens (tertiary/aromatic N) is 1. The van der Waals surface area contributed by atoms with Crippen LogP contribution < -0.4 is 5.73 Å². The van der Waals surface area contributed by atoms with Gasteiger partial charge in [-0.05, 0) is 48.8 Å². The molecule has 82 valence electrons. The van der Waals surface area contributed by atoms with Crippen LogP contribution in [0, 0.1) is 5.41 Å². The fraction of sp³-hybridized carbons (Fsp3) is 0.583. The van der Waals surface area contributed by atoms with Crippen LogP contribution in [0.4, 0.5) is 5.82 Å². The predicted molar refractivity (Wildman–Crippen MR) is 60.3 cm³/mol. The number of anilines is 1. The second kappa shape index (κ2) is 3.81. The number of rotatable bonds is 2. The average Bonchev–Trinajstić information content (AvgIpc) is 2.45. The van der Waals surface area contributed by atoms with E-state index in [0.29, 0.717) is 5.82 Å². The van der Waals surface area contributed by atoms with E-state index in [4.69, 9.17) is 5.73 Å². The molecule has 3 nitrogen and oxygen atoms in total. The molecule has 0 radical (unpaired) electrons. The average molecular weight is 206 g/mol. The third-order valence-electron chi connectivity index (χ3n) is 3.29. The highest BCUT2D eigenvalue weighted by atomic mass is 16.3. The summed E-state index contributed by atoms with van der Waals surface area (Å²) in [4.78, 5) is 3.98. The summed E-state index contributed by atoms with van der Waals surface area (Å²) in [6.07, 6.45) is 5.54. The molecule has 2 unspecified atom stereocenters. The lowest BCUT2D eigenvalue weighted by Gasteiger charge is -2.23. The zero-order valence-corrected chi connectivity index (χ0v) is 9.11.